The highest BCUT2D eigenvalue weighted by Crippen LogP contribution is 2.22. The number of para-hydroxylation sites is 1. The average Bonchev–Trinajstić information content (AvgIpc) is 2.68. The third-order valence-electron chi connectivity index (χ3n) is 2.92. The Balaban J connectivity index is 2.11. The van der Waals surface area contributed by atoms with E-state index >= 15 is 0 Å². The van der Waals surface area contributed by atoms with E-state index < -0.39 is 0 Å². The topological polar surface area (TPSA) is 49.9 Å². The van der Waals surface area contributed by atoms with Crippen molar-refractivity contribution in [3.63, 3.8) is 0 Å². The summed E-state index contributed by atoms with van der Waals surface area (Å²) in [5.41, 5.74) is 4.26. The quantitative estimate of drug-likeness (QED) is 0.865. The Labute approximate surface area is 114 Å². The van der Waals surface area contributed by atoms with Gasteiger partial charge in [-0.05, 0) is 33.8 Å². The lowest BCUT2D eigenvalue weighted by Crippen LogP contribution is -2.09. The van der Waals surface area contributed by atoms with Gasteiger partial charge in [-0.2, -0.15) is 5.10 Å². The number of nitrogens with one attached hydrogen (secondary N) is 2. The second-order valence-corrected chi connectivity index (χ2v) is 4.94. The van der Waals surface area contributed by atoms with Crippen molar-refractivity contribution < 1.29 is 4.74 Å². The van der Waals surface area contributed by atoms with E-state index in [4.69, 9.17) is 4.74 Å². The first-order chi connectivity index (χ1) is 9.08. The van der Waals surface area contributed by atoms with Crippen molar-refractivity contribution in [3.05, 3.63) is 41.2 Å². The molecule has 4 nitrogen and oxygen atoms in total. The number of nitrogens with zero attached hydrogens (tertiary/aromatic N) is 1. The fourth-order valence-electron chi connectivity index (χ4n) is 2.01. The van der Waals surface area contributed by atoms with E-state index in [1.165, 1.54) is 0 Å². The first-order valence-electron chi connectivity index (χ1n) is 6.58. The summed E-state index contributed by atoms with van der Waals surface area (Å²) in [5, 5.41) is 10.6. The van der Waals surface area contributed by atoms with Crippen LogP contribution >= 0.6 is 0 Å². The van der Waals surface area contributed by atoms with Crippen LogP contribution in [0.5, 0.6) is 5.75 Å². The predicted molar refractivity (Wildman–Crippen MR) is 77.6 cm³/mol. The zero-order chi connectivity index (χ0) is 13.8. The number of rotatable bonds is 5. The van der Waals surface area contributed by atoms with Crippen LogP contribution in [0.25, 0.3) is 0 Å². The average molecular weight is 259 g/mol. The van der Waals surface area contributed by atoms with Gasteiger partial charge in [-0.25, -0.2) is 0 Å². The van der Waals surface area contributed by atoms with Crippen molar-refractivity contribution in [2.45, 2.75) is 40.3 Å². The minimum Gasteiger partial charge on any atom is -0.491 e. The first kappa shape index (κ1) is 13.5. The first-order valence-corrected chi connectivity index (χ1v) is 6.58. The molecule has 1 aromatic heterocycles. The van der Waals surface area contributed by atoms with Crippen LogP contribution in [0.1, 0.15) is 30.8 Å². The highest BCUT2D eigenvalue weighted by atomic mass is 16.5. The number of aromatic nitrogens is 2. The Morgan fingerprint density at radius 1 is 1.26 bits per heavy atom. The number of benzene rings is 1. The lowest BCUT2D eigenvalue weighted by Gasteiger charge is -2.15. The molecule has 0 aliphatic rings. The molecule has 0 aliphatic heterocycles. The summed E-state index contributed by atoms with van der Waals surface area (Å²) in [7, 11) is 0. The number of ether oxygens (including phenoxy) is 1. The standard InChI is InChI=1S/C15H21N3O/c1-10(2)19-14-8-6-5-7-13(14)9-16-15-11(3)17-18-12(15)4/h5-8,10,16H,9H2,1-4H3,(H,17,18). The summed E-state index contributed by atoms with van der Waals surface area (Å²) in [6, 6.07) is 8.11. The third-order valence-corrected chi connectivity index (χ3v) is 2.92. The molecule has 2 rings (SSSR count). The molecule has 0 saturated heterocycles. The van der Waals surface area contributed by atoms with E-state index in [1.807, 2.05) is 45.9 Å². The van der Waals surface area contributed by atoms with Crippen LogP contribution in [0.2, 0.25) is 0 Å². The molecule has 1 heterocycles. The van der Waals surface area contributed by atoms with E-state index in [0.29, 0.717) is 0 Å². The molecule has 0 radical (unpaired) electrons. The lowest BCUT2D eigenvalue weighted by atomic mass is 10.2. The smallest absolute Gasteiger partial charge is 0.124 e. The Morgan fingerprint density at radius 2 is 2.00 bits per heavy atom. The fourth-order valence-corrected chi connectivity index (χ4v) is 2.01. The van der Waals surface area contributed by atoms with Crippen molar-refractivity contribution in [2.75, 3.05) is 5.32 Å². The molecule has 0 amide bonds. The summed E-state index contributed by atoms with van der Waals surface area (Å²) < 4.78 is 5.81. The second kappa shape index (κ2) is 5.78. The van der Waals surface area contributed by atoms with E-state index in [0.717, 1.165) is 34.9 Å². The lowest BCUT2D eigenvalue weighted by molar-refractivity contribution is 0.240. The summed E-state index contributed by atoms with van der Waals surface area (Å²) in [6.45, 7) is 8.80. The van der Waals surface area contributed by atoms with Gasteiger partial charge >= 0.3 is 0 Å². The minimum atomic E-state index is 0.179. The number of H-pyrrole nitrogens is 1. The van der Waals surface area contributed by atoms with Crippen LogP contribution in [0.3, 0.4) is 0 Å². The molecular formula is C15H21N3O. The molecule has 0 spiro atoms. The van der Waals surface area contributed by atoms with Crippen molar-refractivity contribution in [3.8, 4) is 5.75 Å². The Bertz CT molecular complexity index is 527. The molecule has 0 fully saturated rings. The van der Waals surface area contributed by atoms with E-state index in [1.54, 1.807) is 0 Å². The van der Waals surface area contributed by atoms with Crippen molar-refractivity contribution in [1.29, 1.82) is 0 Å². The van der Waals surface area contributed by atoms with Crippen molar-refractivity contribution in [1.82, 2.24) is 10.2 Å². The monoisotopic (exact) mass is 259 g/mol. The van der Waals surface area contributed by atoms with E-state index in [2.05, 4.69) is 21.6 Å². The molecule has 19 heavy (non-hydrogen) atoms. The highest BCUT2D eigenvalue weighted by Gasteiger charge is 2.08. The number of hydrogen-bond acceptors (Lipinski definition) is 3. The Hall–Kier alpha value is -1.97. The number of aromatic amines is 1. The van der Waals surface area contributed by atoms with Gasteiger partial charge in [0.2, 0.25) is 0 Å². The normalized spacial score (nSPS) is 10.8. The summed E-state index contributed by atoms with van der Waals surface area (Å²) in [5.74, 6) is 0.934. The van der Waals surface area contributed by atoms with Crippen molar-refractivity contribution >= 4 is 5.69 Å². The number of anilines is 1. The van der Waals surface area contributed by atoms with Gasteiger partial charge < -0.3 is 10.1 Å². The molecule has 102 valence electrons. The van der Waals surface area contributed by atoms with Gasteiger partial charge in [0.05, 0.1) is 23.2 Å². The molecule has 0 unspecified atom stereocenters. The maximum Gasteiger partial charge on any atom is 0.124 e. The summed E-state index contributed by atoms with van der Waals surface area (Å²) in [6.07, 6.45) is 0.179. The largest absolute Gasteiger partial charge is 0.491 e. The third kappa shape index (κ3) is 3.28. The van der Waals surface area contributed by atoms with Gasteiger partial charge in [0.25, 0.3) is 0 Å². The molecule has 4 heteroatoms. The molecule has 2 N–H and O–H groups in total. The zero-order valence-corrected chi connectivity index (χ0v) is 11.9. The van der Waals surface area contributed by atoms with Crippen LogP contribution in [-0.2, 0) is 6.54 Å². The molecule has 0 saturated carbocycles. The van der Waals surface area contributed by atoms with Crippen LogP contribution in [-0.4, -0.2) is 16.3 Å². The molecular weight excluding hydrogens is 238 g/mol. The van der Waals surface area contributed by atoms with Gasteiger partial charge in [0.1, 0.15) is 5.75 Å². The van der Waals surface area contributed by atoms with E-state index in [-0.39, 0.29) is 6.10 Å². The van der Waals surface area contributed by atoms with Gasteiger partial charge in [0, 0.05) is 12.1 Å². The van der Waals surface area contributed by atoms with E-state index in [9.17, 15) is 0 Å². The van der Waals surface area contributed by atoms with Crippen LogP contribution in [0.4, 0.5) is 5.69 Å². The SMILES string of the molecule is Cc1n[nH]c(C)c1NCc1ccccc1OC(C)C. The Morgan fingerprint density at radius 3 is 2.63 bits per heavy atom. The van der Waals surface area contributed by atoms with Gasteiger partial charge in [-0.3, -0.25) is 5.10 Å². The van der Waals surface area contributed by atoms with Gasteiger partial charge in [-0.1, -0.05) is 18.2 Å². The second-order valence-electron chi connectivity index (χ2n) is 4.94. The van der Waals surface area contributed by atoms with Crippen LogP contribution in [0.15, 0.2) is 24.3 Å². The Kier molecular flexibility index (Phi) is 4.10. The van der Waals surface area contributed by atoms with Crippen LogP contribution in [0, 0.1) is 13.8 Å². The molecule has 0 bridgehead atoms. The van der Waals surface area contributed by atoms with Crippen molar-refractivity contribution in [2.24, 2.45) is 0 Å². The molecule has 2 aromatic rings. The fraction of sp³-hybridized carbons (Fsp3) is 0.400. The maximum atomic E-state index is 5.81. The van der Waals surface area contributed by atoms with Gasteiger partial charge in [0.15, 0.2) is 0 Å². The molecule has 0 aliphatic carbocycles. The maximum absolute atomic E-state index is 5.81. The van der Waals surface area contributed by atoms with Gasteiger partial charge in [-0.15, -0.1) is 0 Å². The number of aryl methyl sites for hydroxylation is 2. The van der Waals surface area contributed by atoms with Crippen LogP contribution < -0.4 is 10.1 Å². The minimum absolute atomic E-state index is 0.179. The molecule has 1 aromatic carbocycles. The number of hydrogen-bond donors (Lipinski definition) is 2. The molecule has 0 atom stereocenters. The predicted octanol–water partition coefficient (Wildman–Crippen LogP) is 3.43. The summed E-state index contributed by atoms with van der Waals surface area (Å²) >= 11 is 0. The highest BCUT2D eigenvalue weighted by molar-refractivity contribution is 5.52. The zero-order valence-electron chi connectivity index (χ0n) is 11.9. The summed E-state index contributed by atoms with van der Waals surface area (Å²) in [4.78, 5) is 0.